The van der Waals surface area contributed by atoms with E-state index >= 15 is 0 Å². The average Bonchev–Trinajstić information content (AvgIpc) is 2.75. The molecule has 1 aliphatic heterocycles. The van der Waals surface area contributed by atoms with E-state index in [0.29, 0.717) is 19.0 Å². The molecule has 0 aliphatic carbocycles. The monoisotopic (exact) mass is 293 g/mol. The van der Waals surface area contributed by atoms with Gasteiger partial charge < -0.3 is 9.64 Å². The number of carbonyl (C=O) groups is 1. The van der Waals surface area contributed by atoms with Gasteiger partial charge in [0.1, 0.15) is 5.60 Å². The van der Waals surface area contributed by atoms with Gasteiger partial charge in [0, 0.05) is 6.20 Å². The lowest BCUT2D eigenvalue weighted by atomic mass is 9.87. The highest BCUT2D eigenvalue weighted by Crippen LogP contribution is 2.33. The van der Waals surface area contributed by atoms with Crippen molar-refractivity contribution in [3.63, 3.8) is 0 Å². The average molecular weight is 293 g/mol. The third-order valence-corrected chi connectivity index (χ3v) is 4.04. The Morgan fingerprint density at radius 1 is 1.43 bits per heavy atom. The highest BCUT2D eigenvalue weighted by molar-refractivity contribution is 5.69. The maximum absolute atomic E-state index is 12.1. The van der Waals surface area contributed by atoms with E-state index in [2.05, 4.69) is 32.1 Å². The van der Waals surface area contributed by atoms with Gasteiger partial charge in [-0.1, -0.05) is 20.8 Å². The molecule has 1 aliphatic rings. The van der Waals surface area contributed by atoms with Crippen molar-refractivity contribution in [2.45, 2.75) is 65.0 Å². The minimum atomic E-state index is -0.446. The zero-order valence-corrected chi connectivity index (χ0v) is 14.0. The summed E-state index contributed by atoms with van der Waals surface area (Å²) < 4.78 is 7.45. The molecule has 0 saturated carbocycles. The van der Waals surface area contributed by atoms with E-state index in [0.717, 1.165) is 6.42 Å². The molecule has 5 heteroatoms. The first-order valence-electron chi connectivity index (χ1n) is 7.70. The van der Waals surface area contributed by atoms with Crippen molar-refractivity contribution >= 4 is 6.09 Å². The fourth-order valence-electron chi connectivity index (χ4n) is 2.54. The summed E-state index contributed by atoms with van der Waals surface area (Å²) in [5.74, 6) is 0.467. The van der Waals surface area contributed by atoms with Crippen molar-refractivity contribution in [2.24, 2.45) is 0 Å². The van der Waals surface area contributed by atoms with Crippen molar-refractivity contribution in [3.05, 3.63) is 18.0 Å². The summed E-state index contributed by atoms with van der Waals surface area (Å²) in [7, 11) is 0. The predicted molar refractivity (Wildman–Crippen MR) is 82.4 cm³/mol. The number of aromatic nitrogens is 2. The Labute approximate surface area is 127 Å². The number of rotatable bonds is 3. The lowest BCUT2D eigenvalue weighted by Gasteiger charge is -2.49. The van der Waals surface area contributed by atoms with Crippen LogP contribution in [0.3, 0.4) is 0 Å². The second kappa shape index (κ2) is 5.35. The van der Waals surface area contributed by atoms with Crippen LogP contribution >= 0.6 is 0 Å². The second-order valence-electron chi connectivity index (χ2n) is 7.29. The van der Waals surface area contributed by atoms with E-state index in [1.165, 1.54) is 5.56 Å². The molecule has 1 aromatic rings. The van der Waals surface area contributed by atoms with Gasteiger partial charge in [0.2, 0.25) is 0 Å². The number of ether oxygens (including phenoxy) is 1. The fourth-order valence-corrected chi connectivity index (χ4v) is 2.54. The van der Waals surface area contributed by atoms with Gasteiger partial charge in [0.15, 0.2) is 0 Å². The Bertz CT molecular complexity index is 508. The van der Waals surface area contributed by atoms with Gasteiger partial charge in [-0.15, -0.1) is 0 Å². The summed E-state index contributed by atoms with van der Waals surface area (Å²) in [6, 6.07) is 0. The summed E-state index contributed by atoms with van der Waals surface area (Å²) in [5, 5.41) is 4.51. The number of carbonyl (C=O) groups excluding carboxylic acids is 1. The summed E-state index contributed by atoms with van der Waals surface area (Å²) in [5.41, 5.74) is 0.709. The molecule has 1 amide bonds. The van der Waals surface area contributed by atoms with Crippen LogP contribution in [0.25, 0.3) is 0 Å². The SMILES string of the molecule is CCC1(n2cc(C(C)C)cn2)CN(C(=O)OC(C)(C)C)C1. The Balaban J connectivity index is 2.05. The van der Waals surface area contributed by atoms with Crippen LogP contribution in [0.15, 0.2) is 12.4 Å². The maximum Gasteiger partial charge on any atom is 0.410 e. The first-order chi connectivity index (χ1) is 9.67. The smallest absolute Gasteiger partial charge is 0.410 e. The molecule has 21 heavy (non-hydrogen) atoms. The highest BCUT2D eigenvalue weighted by Gasteiger charge is 2.47. The molecule has 2 heterocycles. The lowest BCUT2D eigenvalue weighted by Crippen LogP contribution is -2.64. The largest absolute Gasteiger partial charge is 0.444 e. The zero-order chi connectivity index (χ0) is 15.8. The number of hydrogen-bond acceptors (Lipinski definition) is 3. The first-order valence-corrected chi connectivity index (χ1v) is 7.70. The van der Waals surface area contributed by atoms with Crippen LogP contribution in [0.1, 0.15) is 59.4 Å². The van der Waals surface area contributed by atoms with E-state index in [9.17, 15) is 4.79 Å². The molecule has 1 aromatic heterocycles. The third-order valence-electron chi connectivity index (χ3n) is 4.04. The Morgan fingerprint density at radius 2 is 2.05 bits per heavy atom. The van der Waals surface area contributed by atoms with Gasteiger partial charge in [-0.3, -0.25) is 4.68 Å². The van der Waals surface area contributed by atoms with Crippen LogP contribution in [-0.4, -0.2) is 39.5 Å². The Hall–Kier alpha value is -1.52. The third kappa shape index (κ3) is 3.22. The van der Waals surface area contributed by atoms with Crippen LogP contribution in [0.5, 0.6) is 0 Å². The van der Waals surface area contributed by atoms with Crippen molar-refractivity contribution in [2.75, 3.05) is 13.1 Å². The summed E-state index contributed by atoms with van der Waals surface area (Å²) >= 11 is 0. The fraction of sp³-hybridized carbons (Fsp3) is 0.750. The Kier molecular flexibility index (Phi) is 4.04. The second-order valence-corrected chi connectivity index (χ2v) is 7.29. The number of hydrogen-bond donors (Lipinski definition) is 0. The zero-order valence-electron chi connectivity index (χ0n) is 14.0. The summed E-state index contributed by atoms with van der Waals surface area (Å²) in [4.78, 5) is 13.8. The summed E-state index contributed by atoms with van der Waals surface area (Å²) in [6.07, 6.45) is 4.76. The topological polar surface area (TPSA) is 47.4 Å². The van der Waals surface area contributed by atoms with E-state index in [-0.39, 0.29) is 11.6 Å². The molecular formula is C16H27N3O2. The number of nitrogens with zero attached hydrogens (tertiary/aromatic N) is 3. The molecule has 2 rings (SSSR count). The molecule has 0 aromatic carbocycles. The molecule has 0 spiro atoms. The molecule has 1 saturated heterocycles. The maximum atomic E-state index is 12.1. The van der Waals surface area contributed by atoms with E-state index in [4.69, 9.17) is 4.74 Å². The van der Waals surface area contributed by atoms with Crippen LogP contribution in [0.2, 0.25) is 0 Å². The normalized spacial score (nSPS) is 17.8. The molecule has 0 unspecified atom stereocenters. The predicted octanol–water partition coefficient (Wildman–Crippen LogP) is 3.36. The van der Waals surface area contributed by atoms with Crippen LogP contribution in [-0.2, 0) is 10.3 Å². The molecular weight excluding hydrogens is 266 g/mol. The number of amides is 1. The molecule has 118 valence electrons. The summed E-state index contributed by atoms with van der Waals surface area (Å²) in [6.45, 7) is 13.5. The minimum Gasteiger partial charge on any atom is -0.444 e. The van der Waals surface area contributed by atoms with E-state index in [1.807, 2.05) is 31.6 Å². The van der Waals surface area contributed by atoms with Gasteiger partial charge in [-0.05, 0) is 38.7 Å². The molecule has 0 bridgehead atoms. The highest BCUT2D eigenvalue weighted by atomic mass is 16.6. The van der Waals surface area contributed by atoms with Crippen LogP contribution < -0.4 is 0 Å². The van der Waals surface area contributed by atoms with Crippen LogP contribution in [0, 0.1) is 0 Å². The van der Waals surface area contributed by atoms with Crippen molar-refractivity contribution in [1.82, 2.24) is 14.7 Å². The molecule has 0 N–H and O–H groups in total. The van der Waals surface area contributed by atoms with Gasteiger partial charge in [-0.25, -0.2) is 4.79 Å². The van der Waals surface area contributed by atoms with E-state index < -0.39 is 5.60 Å². The quantitative estimate of drug-likeness (QED) is 0.858. The van der Waals surface area contributed by atoms with Crippen molar-refractivity contribution in [1.29, 1.82) is 0 Å². The van der Waals surface area contributed by atoms with Crippen molar-refractivity contribution < 1.29 is 9.53 Å². The number of likely N-dealkylation sites (tertiary alicyclic amines) is 1. The molecule has 0 radical (unpaired) electrons. The minimum absolute atomic E-state index is 0.0793. The van der Waals surface area contributed by atoms with Gasteiger partial charge in [-0.2, -0.15) is 5.10 Å². The lowest BCUT2D eigenvalue weighted by molar-refractivity contribution is -0.0343. The Morgan fingerprint density at radius 3 is 2.48 bits per heavy atom. The standard InChI is InChI=1S/C16H27N3O2/c1-7-16(19-9-13(8-17-19)12(2)3)10-18(11-16)14(20)21-15(4,5)6/h8-9,12H,7,10-11H2,1-6H3. The first kappa shape index (κ1) is 15.9. The van der Waals surface area contributed by atoms with E-state index in [1.54, 1.807) is 4.90 Å². The van der Waals surface area contributed by atoms with Crippen LogP contribution in [0.4, 0.5) is 4.79 Å². The molecule has 5 nitrogen and oxygen atoms in total. The molecule has 1 fully saturated rings. The van der Waals surface area contributed by atoms with Crippen molar-refractivity contribution in [3.8, 4) is 0 Å². The van der Waals surface area contributed by atoms with Gasteiger partial charge >= 0.3 is 6.09 Å². The van der Waals surface area contributed by atoms with Gasteiger partial charge in [0.25, 0.3) is 0 Å². The van der Waals surface area contributed by atoms with Gasteiger partial charge in [0.05, 0.1) is 24.8 Å². The molecule has 0 atom stereocenters.